The minimum atomic E-state index is -0.820. The number of rotatable bonds is 7. The number of benzene rings is 2. The fourth-order valence-corrected chi connectivity index (χ4v) is 4.08. The highest BCUT2D eigenvalue weighted by Crippen LogP contribution is 2.23. The van der Waals surface area contributed by atoms with Gasteiger partial charge in [0.15, 0.2) is 0 Å². The van der Waals surface area contributed by atoms with Crippen LogP contribution in [0.1, 0.15) is 5.56 Å². The number of hydrogen-bond acceptors (Lipinski definition) is 8. The van der Waals surface area contributed by atoms with Crippen molar-refractivity contribution in [2.45, 2.75) is 6.10 Å². The van der Waals surface area contributed by atoms with Crippen molar-refractivity contribution < 1.29 is 28.6 Å². The molecule has 1 atom stereocenters. The van der Waals surface area contributed by atoms with Gasteiger partial charge < -0.3 is 19.9 Å². The number of para-hydroxylation sites is 1. The van der Waals surface area contributed by atoms with Crippen molar-refractivity contribution in [1.82, 2.24) is 9.80 Å². The number of esters is 1. The van der Waals surface area contributed by atoms with E-state index in [0.29, 0.717) is 30.1 Å². The molecule has 2 aliphatic rings. The highest BCUT2D eigenvalue weighted by Gasteiger charge is 2.34. The minimum Gasteiger partial charge on any atom is -0.468 e. The quantitative estimate of drug-likeness (QED) is 0.347. The molecular weight excluding hydrogens is 466 g/mol. The van der Waals surface area contributed by atoms with Gasteiger partial charge in [-0.05, 0) is 36.4 Å². The molecule has 0 aromatic heterocycles. The number of nitrogens with two attached hydrogens (primary N) is 1. The summed E-state index contributed by atoms with van der Waals surface area (Å²) >= 11 is 0. The van der Waals surface area contributed by atoms with Crippen molar-refractivity contribution in [2.24, 2.45) is 10.7 Å². The largest absolute Gasteiger partial charge is 0.468 e. The van der Waals surface area contributed by atoms with Gasteiger partial charge >= 0.3 is 18.2 Å². The van der Waals surface area contributed by atoms with E-state index in [2.05, 4.69) is 9.89 Å². The van der Waals surface area contributed by atoms with Gasteiger partial charge in [0.05, 0.1) is 20.2 Å². The molecule has 2 fully saturated rings. The van der Waals surface area contributed by atoms with Crippen LogP contribution in [0.5, 0.6) is 5.75 Å². The maximum absolute atomic E-state index is 12.5. The van der Waals surface area contributed by atoms with Crippen LogP contribution in [0.25, 0.3) is 0 Å². The maximum Gasteiger partial charge on any atom is 0.441 e. The van der Waals surface area contributed by atoms with Gasteiger partial charge in [0.25, 0.3) is 0 Å². The predicted molar refractivity (Wildman–Crippen MR) is 132 cm³/mol. The zero-order chi connectivity index (χ0) is 25.5. The number of hydrogen-bond donors (Lipinski definition) is 1. The second kappa shape index (κ2) is 11.6. The number of carbonyl (C=O) groups is 3. The molecule has 11 nitrogen and oxygen atoms in total. The molecule has 2 amide bonds. The van der Waals surface area contributed by atoms with E-state index in [1.165, 1.54) is 7.11 Å². The summed E-state index contributed by atoms with van der Waals surface area (Å²) in [4.78, 5) is 45.6. The van der Waals surface area contributed by atoms with E-state index in [0.717, 1.165) is 26.2 Å². The number of ether oxygens (including phenoxy) is 3. The molecule has 2 N–H and O–H groups in total. The van der Waals surface area contributed by atoms with E-state index >= 15 is 0 Å². The minimum absolute atomic E-state index is 0.00991. The van der Waals surface area contributed by atoms with E-state index in [4.69, 9.17) is 19.9 Å². The normalized spacial score (nSPS) is 19.1. The maximum atomic E-state index is 12.5. The van der Waals surface area contributed by atoms with Crippen LogP contribution in [0, 0.1) is 0 Å². The van der Waals surface area contributed by atoms with Crippen molar-refractivity contribution in [3.8, 4) is 5.75 Å². The average Bonchev–Trinajstić information content (AvgIpc) is 3.25. The molecule has 0 saturated carbocycles. The monoisotopic (exact) mass is 495 g/mol. The molecule has 2 aromatic rings. The number of aliphatic imine (C=N–C) groups is 1. The lowest BCUT2D eigenvalue weighted by Gasteiger charge is -2.34. The Balaban J connectivity index is 1.28. The van der Waals surface area contributed by atoms with Crippen LogP contribution in [-0.4, -0.2) is 92.8 Å². The number of anilines is 1. The zero-order valence-electron chi connectivity index (χ0n) is 20.0. The lowest BCUT2D eigenvalue weighted by atomic mass is 10.1. The highest BCUT2D eigenvalue weighted by atomic mass is 16.6. The van der Waals surface area contributed by atoms with Crippen LogP contribution in [0.3, 0.4) is 0 Å². The number of piperazine rings is 1. The molecule has 0 radical (unpaired) electrons. The second-order valence-electron chi connectivity index (χ2n) is 8.49. The average molecular weight is 496 g/mol. The number of methoxy groups -OCH3 is 1. The van der Waals surface area contributed by atoms with Gasteiger partial charge in [0.2, 0.25) is 0 Å². The van der Waals surface area contributed by atoms with E-state index in [9.17, 15) is 14.4 Å². The van der Waals surface area contributed by atoms with E-state index in [1.807, 2.05) is 11.0 Å². The molecule has 190 valence electrons. The number of carbonyl (C=O) groups excluding carboxylic acids is 3. The molecule has 0 spiro atoms. The number of nitrogens with zero attached hydrogens (tertiary/aromatic N) is 4. The van der Waals surface area contributed by atoms with Gasteiger partial charge in [-0.3, -0.25) is 19.5 Å². The standard InChI is InChI=1S/C25H29N5O6/c1-34-22(31)17-29-13-11-28(12-14-29)15-21-16-30(25(33)36-21)19-9-7-18(8-10-19)23(26)27-24(32)35-20-5-3-2-4-6-20/h2-10,21H,11-17H2,1H3,(H2,26,27,32). The molecule has 2 aliphatic heterocycles. The molecule has 1 unspecified atom stereocenters. The summed E-state index contributed by atoms with van der Waals surface area (Å²) in [6.45, 7) is 4.40. The lowest BCUT2D eigenvalue weighted by Crippen LogP contribution is -2.50. The van der Waals surface area contributed by atoms with Gasteiger partial charge in [-0.25, -0.2) is 9.59 Å². The van der Waals surface area contributed by atoms with Crippen LogP contribution in [-0.2, 0) is 14.3 Å². The zero-order valence-corrected chi connectivity index (χ0v) is 20.0. The highest BCUT2D eigenvalue weighted by molar-refractivity contribution is 6.03. The van der Waals surface area contributed by atoms with Crippen LogP contribution in [0.2, 0.25) is 0 Å². The van der Waals surface area contributed by atoms with Crippen molar-refractivity contribution >= 4 is 29.7 Å². The fourth-order valence-electron chi connectivity index (χ4n) is 4.08. The Morgan fingerprint density at radius 2 is 1.69 bits per heavy atom. The van der Waals surface area contributed by atoms with Gasteiger partial charge in [-0.15, -0.1) is 0 Å². The summed E-state index contributed by atoms with van der Waals surface area (Å²) in [6, 6.07) is 15.4. The van der Waals surface area contributed by atoms with E-state index in [-0.39, 0.29) is 24.5 Å². The topological polar surface area (TPSA) is 127 Å². The summed E-state index contributed by atoms with van der Waals surface area (Å²) in [5.41, 5.74) is 7.15. The third kappa shape index (κ3) is 6.58. The molecule has 11 heteroatoms. The third-order valence-corrected chi connectivity index (χ3v) is 6.02. The molecular formula is C25H29N5O6. The molecule has 0 aliphatic carbocycles. The Morgan fingerprint density at radius 1 is 1.03 bits per heavy atom. The molecule has 2 aromatic carbocycles. The van der Waals surface area contributed by atoms with Crippen LogP contribution in [0.4, 0.5) is 15.3 Å². The Labute approximate surface area is 209 Å². The van der Waals surface area contributed by atoms with Crippen LogP contribution < -0.4 is 15.4 Å². The summed E-state index contributed by atoms with van der Waals surface area (Å²) in [6.07, 6.45) is -1.49. The summed E-state index contributed by atoms with van der Waals surface area (Å²) in [5.74, 6) is 0.144. The molecule has 4 rings (SSSR count). The Kier molecular flexibility index (Phi) is 8.13. The Morgan fingerprint density at radius 3 is 2.36 bits per heavy atom. The first-order chi connectivity index (χ1) is 17.4. The van der Waals surface area contributed by atoms with E-state index < -0.39 is 12.2 Å². The summed E-state index contributed by atoms with van der Waals surface area (Å²) in [7, 11) is 1.39. The van der Waals surface area contributed by atoms with Crippen molar-refractivity contribution in [1.29, 1.82) is 0 Å². The first-order valence-corrected chi connectivity index (χ1v) is 11.6. The fraction of sp³-hybridized carbons (Fsp3) is 0.360. The molecule has 2 heterocycles. The van der Waals surface area contributed by atoms with Crippen LogP contribution >= 0.6 is 0 Å². The third-order valence-electron chi connectivity index (χ3n) is 6.02. The van der Waals surface area contributed by atoms with Crippen molar-refractivity contribution in [2.75, 3.05) is 57.8 Å². The first-order valence-electron chi connectivity index (χ1n) is 11.6. The number of amides is 2. The van der Waals surface area contributed by atoms with Gasteiger partial charge in [0.1, 0.15) is 17.7 Å². The molecule has 2 saturated heterocycles. The van der Waals surface area contributed by atoms with Crippen LogP contribution in [0.15, 0.2) is 59.6 Å². The lowest BCUT2D eigenvalue weighted by molar-refractivity contribution is -0.142. The first kappa shape index (κ1) is 25.1. The Hall–Kier alpha value is -3.96. The molecule has 36 heavy (non-hydrogen) atoms. The second-order valence-corrected chi connectivity index (χ2v) is 8.49. The van der Waals surface area contributed by atoms with Gasteiger partial charge in [-0.2, -0.15) is 4.99 Å². The predicted octanol–water partition coefficient (Wildman–Crippen LogP) is 1.71. The SMILES string of the molecule is COC(=O)CN1CCN(CC2CN(c3ccc(C(N)=NC(=O)Oc4ccccc4)cc3)C(=O)O2)CC1. The van der Waals surface area contributed by atoms with Crippen molar-refractivity contribution in [3.05, 3.63) is 60.2 Å². The van der Waals surface area contributed by atoms with Crippen molar-refractivity contribution in [3.63, 3.8) is 0 Å². The van der Waals surface area contributed by atoms with Gasteiger partial charge in [0, 0.05) is 44.0 Å². The number of cyclic esters (lactones) is 1. The smallest absolute Gasteiger partial charge is 0.441 e. The summed E-state index contributed by atoms with van der Waals surface area (Å²) < 4.78 is 15.4. The summed E-state index contributed by atoms with van der Waals surface area (Å²) in [5, 5.41) is 0. The Bertz CT molecular complexity index is 1100. The van der Waals surface area contributed by atoms with E-state index in [1.54, 1.807) is 53.4 Å². The number of amidine groups is 1. The molecule has 0 bridgehead atoms. The van der Waals surface area contributed by atoms with Gasteiger partial charge in [-0.1, -0.05) is 18.2 Å².